The maximum atomic E-state index is 2.47. The van der Waals surface area contributed by atoms with Gasteiger partial charge in [0.25, 0.3) is 0 Å². The molecule has 3 aromatic rings. The van der Waals surface area contributed by atoms with Gasteiger partial charge < -0.3 is 0 Å². The molecular weight excluding hydrogens is 300 g/mol. The molecule has 25 heavy (non-hydrogen) atoms. The van der Waals surface area contributed by atoms with Crippen LogP contribution in [0.3, 0.4) is 0 Å². The highest BCUT2D eigenvalue weighted by Crippen LogP contribution is 2.37. The van der Waals surface area contributed by atoms with Crippen molar-refractivity contribution >= 4 is 16.8 Å². The molecule has 1 aliphatic rings. The van der Waals surface area contributed by atoms with Gasteiger partial charge >= 0.3 is 0 Å². The van der Waals surface area contributed by atoms with Gasteiger partial charge in [-0.25, -0.2) is 0 Å². The third-order valence-corrected chi connectivity index (χ3v) is 5.62. The Bertz CT molecular complexity index is 913. The molecule has 1 atom stereocenters. The van der Waals surface area contributed by atoms with Crippen molar-refractivity contribution < 1.29 is 0 Å². The highest BCUT2D eigenvalue weighted by atomic mass is 14.2. The fourth-order valence-electron chi connectivity index (χ4n) is 4.19. The van der Waals surface area contributed by atoms with Crippen LogP contribution in [-0.4, -0.2) is 0 Å². The molecule has 1 aliphatic carbocycles. The van der Waals surface area contributed by atoms with Crippen molar-refractivity contribution in [3.8, 4) is 0 Å². The average Bonchev–Trinajstić information content (AvgIpc) is 2.67. The molecule has 0 saturated heterocycles. The van der Waals surface area contributed by atoms with E-state index in [4.69, 9.17) is 0 Å². The van der Waals surface area contributed by atoms with Crippen molar-refractivity contribution in [2.75, 3.05) is 0 Å². The Morgan fingerprint density at radius 3 is 2.60 bits per heavy atom. The molecule has 0 aromatic heterocycles. The molecule has 3 aromatic carbocycles. The van der Waals surface area contributed by atoms with Crippen LogP contribution in [0.4, 0.5) is 0 Å². The van der Waals surface area contributed by atoms with Gasteiger partial charge in [0.05, 0.1) is 0 Å². The second-order valence-corrected chi connectivity index (χ2v) is 7.32. The van der Waals surface area contributed by atoms with E-state index in [0.717, 1.165) is 6.42 Å². The van der Waals surface area contributed by atoms with E-state index in [1.807, 2.05) is 0 Å². The van der Waals surface area contributed by atoms with Crippen LogP contribution in [-0.2, 0) is 12.8 Å². The van der Waals surface area contributed by atoms with Gasteiger partial charge in [-0.2, -0.15) is 0 Å². The molecule has 0 radical (unpaired) electrons. The van der Waals surface area contributed by atoms with Crippen molar-refractivity contribution in [1.29, 1.82) is 0 Å². The van der Waals surface area contributed by atoms with Crippen LogP contribution in [0.2, 0.25) is 0 Å². The van der Waals surface area contributed by atoms with Crippen LogP contribution < -0.4 is 0 Å². The second-order valence-electron chi connectivity index (χ2n) is 7.32. The van der Waals surface area contributed by atoms with Crippen LogP contribution in [0.25, 0.3) is 16.8 Å². The summed E-state index contributed by atoms with van der Waals surface area (Å²) >= 11 is 0. The van der Waals surface area contributed by atoms with E-state index in [-0.39, 0.29) is 0 Å². The minimum Gasteiger partial charge on any atom is -0.0836 e. The molecule has 0 amide bonds. The summed E-state index contributed by atoms with van der Waals surface area (Å²) in [5, 5.41) is 2.78. The van der Waals surface area contributed by atoms with Crippen LogP contribution in [0.15, 0.2) is 60.7 Å². The number of allylic oxidation sites excluding steroid dienone is 1. The van der Waals surface area contributed by atoms with E-state index >= 15 is 0 Å². The first-order chi connectivity index (χ1) is 12.3. The van der Waals surface area contributed by atoms with Gasteiger partial charge in [0, 0.05) is 0 Å². The van der Waals surface area contributed by atoms with Crippen LogP contribution in [0.5, 0.6) is 0 Å². The minimum atomic E-state index is 0.590. The molecule has 0 nitrogen and oxygen atoms in total. The monoisotopic (exact) mass is 326 g/mol. The first-order valence-electron chi connectivity index (χ1n) is 9.53. The van der Waals surface area contributed by atoms with E-state index in [0.29, 0.717) is 5.92 Å². The summed E-state index contributed by atoms with van der Waals surface area (Å²) in [7, 11) is 0. The third kappa shape index (κ3) is 3.14. The molecule has 1 unspecified atom stereocenters. The van der Waals surface area contributed by atoms with Gasteiger partial charge in [0.15, 0.2) is 0 Å². The summed E-state index contributed by atoms with van der Waals surface area (Å²) < 4.78 is 0. The summed E-state index contributed by atoms with van der Waals surface area (Å²) in [6, 6.07) is 20.4. The molecule has 0 heteroatoms. The zero-order valence-electron chi connectivity index (χ0n) is 15.3. The van der Waals surface area contributed by atoms with Crippen molar-refractivity contribution in [2.24, 2.45) is 0 Å². The highest BCUT2D eigenvalue weighted by molar-refractivity contribution is 5.93. The number of hydrogen-bond acceptors (Lipinski definition) is 0. The lowest BCUT2D eigenvalue weighted by Crippen LogP contribution is -2.09. The Morgan fingerprint density at radius 1 is 1.00 bits per heavy atom. The van der Waals surface area contributed by atoms with Crippen molar-refractivity contribution in [2.45, 2.75) is 45.4 Å². The van der Waals surface area contributed by atoms with E-state index in [2.05, 4.69) is 80.6 Å². The molecule has 0 aliphatic heterocycles. The van der Waals surface area contributed by atoms with Gasteiger partial charge in [-0.05, 0) is 71.6 Å². The van der Waals surface area contributed by atoms with Crippen molar-refractivity contribution in [1.82, 2.24) is 0 Å². The van der Waals surface area contributed by atoms with Gasteiger partial charge in [-0.3, -0.25) is 0 Å². The highest BCUT2D eigenvalue weighted by Gasteiger charge is 2.19. The zero-order valence-corrected chi connectivity index (χ0v) is 15.3. The van der Waals surface area contributed by atoms with Gasteiger partial charge in [-0.15, -0.1) is 0 Å². The first kappa shape index (κ1) is 16.1. The molecule has 0 fully saturated rings. The minimum absolute atomic E-state index is 0.590. The Hall–Kier alpha value is -2.34. The number of rotatable bonds is 4. The summed E-state index contributed by atoms with van der Waals surface area (Å²) in [6.07, 6.45) is 9.34. The van der Waals surface area contributed by atoms with Crippen LogP contribution >= 0.6 is 0 Å². The maximum absolute atomic E-state index is 2.47. The van der Waals surface area contributed by atoms with Crippen molar-refractivity contribution in [3.05, 3.63) is 88.5 Å². The third-order valence-electron chi connectivity index (χ3n) is 5.62. The van der Waals surface area contributed by atoms with E-state index in [9.17, 15) is 0 Å². The molecule has 0 N–H and O–H groups in total. The molecule has 0 spiro atoms. The van der Waals surface area contributed by atoms with E-state index in [1.165, 1.54) is 46.7 Å². The van der Waals surface area contributed by atoms with E-state index in [1.54, 1.807) is 11.1 Å². The Balaban J connectivity index is 1.81. The Morgan fingerprint density at radius 2 is 1.80 bits per heavy atom. The largest absolute Gasteiger partial charge is 0.0836 e. The predicted molar refractivity (Wildman–Crippen MR) is 109 cm³/mol. The first-order valence-corrected chi connectivity index (χ1v) is 9.53. The van der Waals surface area contributed by atoms with Crippen molar-refractivity contribution in [3.63, 3.8) is 0 Å². The topological polar surface area (TPSA) is 0 Å². The molecule has 0 bridgehead atoms. The van der Waals surface area contributed by atoms with Gasteiger partial charge in [-0.1, -0.05) is 79.2 Å². The molecule has 126 valence electrons. The second kappa shape index (κ2) is 6.88. The predicted octanol–water partition coefficient (Wildman–Crippen LogP) is 6.84. The number of fused-ring (bicyclic) bond motifs is 3. The average molecular weight is 326 g/mol. The lowest BCUT2D eigenvalue weighted by Gasteiger charge is -2.24. The Kier molecular flexibility index (Phi) is 4.44. The quantitative estimate of drug-likeness (QED) is 0.492. The SMILES string of the molecule is CCC(Cc1ccc(C)cc1)c1cc2ccccc2c2c1CCC=C2. The van der Waals surface area contributed by atoms with Crippen LogP contribution in [0.1, 0.15) is 53.5 Å². The summed E-state index contributed by atoms with van der Waals surface area (Å²) in [4.78, 5) is 0. The van der Waals surface area contributed by atoms with Gasteiger partial charge in [0.1, 0.15) is 0 Å². The summed E-state index contributed by atoms with van der Waals surface area (Å²) in [5.41, 5.74) is 7.40. The summed E-state index contributed by atoms with van der Waals surface area (Å²) in [5.74, 6) is 0.590. The Labute approximate surface area is 151 Å². The number of hydrogen-bond donors (Lipinski definition) is 0. The van der Waals surface area contributed by atoms with Crippen LogP contribution in [0, 0.1) is 6.92 Å². The molecule has 4 rings (SSSR count). The lowest BCUT2D eigenvalue weighted by molar-refractivity contribution is 0.652. The fraction of sp³-hybridized carbons (Fsp3) is 0.280. The normalized spacial score (nSPS) is 14.5. The molecule has 0 heterocycles. The van der Waals surface area contributed by atoms with E-state index < -0.39 is 0 Å². The number of aryl methyl sites for hydroxylation is 1. The standard InChI is InChI=1S/C25H26/c1-3-20(16-19-14-12-18(2)13-15-19)25-17-21-8-4-5-9-22(21)23-10-6-7-11-24(23)25/h4-6,8-10,12-15,17,20H,3,7,11,16H2,1-2H3. The smallest absolute Gasteiger partial charge is 0.0109 e. The fourth-order valence-corrected chi connectivity index (χ4v) is 4.19. The molecular formula is C25H26. The van der Waals surface area contributed by atoms with Gasteiger partial charge in [0.2, 0.25) is 0 Å². The molecule has 0 saturated carbocycles. The zero-order chi connectivity index (χ0) is 17.2. The number of benzene rings is 3. The lowest BCUT2D eigenvalue weighted by atomic mass is 9.80. The maximum Gasteiger partial charge on any atom is -0.0109 e. The summed E-state index contributed by atoms with van der Waals surface area (Å²) in [6.45, 7) is 4.49.